The highest BCUT2D eigenvalue weighted by molar-refractivity contribution is 5.48. The first kappa shape index (κ1) is 14.6. The number of anilines is 1. The van der Waals surface area contributed by atoms with E-state index in [1.807, 2.05) is 30.6 Å². The van der Waals surface area contributed by atoms with Gasteiger partial charge in [-0.15, -0.1) is 0 Å². The van der Waals surface area contributed by atoms with Crippen LogP contribution >= 0.6 is 0 Å². The van der Waals surface area contributed by atoms with Gasteiger partial charge in [0.25, 0.3) is 0 Å². The van der Waals surface area contributed by atoms with Gasteiger partial charge in [-0.2, -0.15) is 0 Å². The summed E-state index contributed by atoms with van der Waals surface area (Å²) >= 11 is 0. The van der Waals surface area contributed by atoms with Gasteiger partial charge < -0.3 is 15.1 Å². The van der Waals surface area contributed by atoms with Gasteiger partial charge in [-0.3, -0.25) is 4.98 Å². The van der Waals surface area contributed by atoms with E-state index in [1.165, 1.54) is 5.56 Å². The second kappa shape index (κ2) is 7.70. The van der Waals surface area contributed by atoms with Crippen LogP contribution in [0, 0.1) is 6.92 Å². The molecule has 0 saturated carbocycles. The molecule has 0 radical (unpaired) electrons. The van der Waals surface area contributed by atoms with Crippen LogP contribution in [0.3, 0.4) is 0 Å². The molecule has 2 N–H and O–H groups in total. The molecule has 20 heavy (non-hydrogen) atoms. The Morgan fingerprint density at radius 1 is 1.30 bits per heavy atom. The third-order valence-corrected chi connectivity index (χ3v) is 3.41. The Bertz CT molecular complexity index is 496. The SMILES string of the molecule is CCC(Cc1ccco1)NCCNc1ccncc1C. The fourth-order valence-corrected chi connectivity index (χ4v) is 2.18. The van der Waals surface area contributed by atoms with Crippen LogP contribution in [0.4, 0.5) is 5.69 Å². The molecule has 2 heterocycles. The number of nitrogens with one attached hydrogen (secondary N) is 2. The Labute approximate surface area is 120 Å². The molecular weight excluding hydrogens is 250 g/mol. The molecule has 108 valence electrons. The molecule has 1 atom stereocenters. The molecule has 0 saturated heterocycles. The van der Waals surface area contributed by atoms with Crippen LogP contribution in [-0.2, 0) is 6.42 Å². The summed E-state index contributed by atoms with van der Waals surface area (Å²) in [4.78, 5) is 4.09. The predicted octanol–water partition coefficient (Wildman–Crippen LogP) is 3.01. The van der Waals surface area contributed by atoms with Crippen molar-refractivity contribution in [2.45, 2.75) is 32.7 Å². The molecule has 0 spiro atoms. The number of hydrogen-bond donors (Lipinski definition) is 2. The number of rotatable bonds is 8. The number of furan rings is 1. The smallest absolute Gasteiger partial charge is 0.105 e. The molecule has 0 aromatic carbocycles. The Kier molecular flexibility index (Phi) is 5.62. The van der Waals surface area contributed by atoms with Crippen molar-refractivity contribution in [3.63, 3.8) is 0 Å². The van der Waals surface area contributed by atoms with Crippen molar-refractivity contribution in [3.8, 4) is 0 Å². The van der Waals surface area contributed by atoms with Gasteiger partial charge in [0.1, 0.15) is 5.76 Å². The molecule has 2 aromatic heterocycles. The van der Waals surface area contributed by atoms with Gasteiger partial charge in [-0.05, 0) is 37.1 Å². The van der Waals surface area contributed by atoms with Gasteiger partial charge in [0, 0.05) is 43.6 Å². The zero-order valence-electron chi connectivity index (χ0n) is 12.2. The van der Waals surface area contributed by atoms with Gasteiger partial charge in [-0.25, -0.2) is 0 Å². The first-order valence-corrected chi connectivity index (χ1v) is 7.20. The van der Waals surface area contributed by atoms with E-state index < -0.39 is 0 Å². The Morgan fingerprint density at radius 2 is 2.20 bits per heavy atom. The lowest BCUT2D eigenvalue weighted by molar-refractivity contribution is 0.437. The van der Waals surface area contributed by atoms with Crippen LogP contribution in [0.2, 0.25) is 0 Å². The van der Waals surface area contributed by atoms with E-state index in [-0.39, 0.29) is 0 Å². The minimum Gasteiger partial charge on any atom is -0.469 e. The zero-order chi connectivity index (χ0) is 14.2. The molecule has 2 rings (SSSR count). The van der Waals surface area contributed by atoms with Crippen LogP contribution in [-0.4, -0.2) is 24.1 Å². The molecule has 1 unspecified atom stereocenters. The number of pyridine rings is 1. The summed E-state index contributed by atoms with van der Waals surface area (Å²) < 4.78 is 5.39. The maximum Gasteiger partial charge on any atom is 0.105 e. The van der Waals surface area contributed by atoms with Crippen molar-refractivity contribution in [1.29, 1.82) is 0 Å². The summed E-state index contributed by atoms with van der Waals surface area (Å²) in [6, 6.07) is 6.44. The highest BCUT2D eigenvalue weighted by atomic mass is 16.3. The lowest BCUT2D eigenvalue weighted by Crippen LogP contribution is -2.34. The Balaban J connectivity index is 1.70. The number of nitrogens with zero attached hydrogens (tertiary/aromatic N) is 1. The van der Waals surface area contributed by atoms with E-state index >= 15 is 0 Å². The normalized spacial score (nSPS) is 12.3. The van der Waals surface area contributed by atoms with Crippen molar-refractivity contribution in [1.82, 2.24) is 10.3 Å². The summed E-state index contributed by atoms with van der Waals surface area (Å²) in [5.74, 6) is 1.04. The highest BCUT2D eigenvalue weighted by Gasteiger charge is 2.08. The van der Waals surface area contributed by atoms with Crippen LogP contribution in [0.1, 0.15) is 24.7 Å². The Morgan fingerprint density at radius 3 is 2.90 bits per heavy atom. The topological polar surface area (TPSA) is 50.1 Å². The first-order chi connectivity index (χ1) is 9.79. The lowest BCUT2D eigenvalue weighted by atomic mass is 10.1. The summed E-state index contributed by atoms with van der Waals surface area (Å²) in [6.45, 7) is 6.09. The molecule has 0 aliphatic heterocycles. The van der Waals surface area contributed by atoms with E-state index in [1.54, 1.807) is 6.26 Å². The van der Waals surface area contributed by atoms with E-state index in [0.717, 1.165) is 37.4 Å². The molecule has 0 aliphatic rings. The fraction of sp³-hybridized carbons (Fsp3) is 0.438. The average Bonchev–Trinajstić information content (AvgIpc) is 2.97. The van der Waals surface area contributed by atoms with Crippen LogP contribution in [0.15, 0.2) is 41.3 Å². The number of hydrogen-bond acceptors (Lipinski definition) is 4. The van der Waals surface area contributed by atoms with E-state index in [2.05, 4.69) is 29.5 Å². The van der Waals surface area contributed by atoms with Gasteiger partial charge in [0.15, 0.2) is 0 Å². The predicted molar refractivity (Wildman–Crippen MR) is 82.0 cm³/mol. The fourth-order valence-electron chi connectivity index (χ4n) is 2.18. The van der Waals surface area contributed by atoms with E-state index in [9.17, 15) is 0 Å². The quantitative estimate of drug-likeness (QED) is 0.726. The number of aryl methyl sites for hydroxylation is 1. The minimum absolute atomic E-state index is 0.460. The number of aromatic nitrogens is 1. The van der Waals surface area contributed by atoms with Gasteiger partial charge in [-0.1, -0.05) is 6.92 Å². The van der Waals surface area contributed by atoms with Crippen molar-refractivity contribution in [2.24, 2.45) is 0 Å². The van der Waals surface area contributed by atoms with Crippen molar-refractivity contribution >= 4 is 5.69 Å². The third kappa shape index (κ3) is 4.38. The molecular formula is C16H23N3O. The first-order valence-electron chi connectivity index (χ1n) is 7.20. The molecule has 0 fully saturated rings. The maximum absolute atomic E-state index is 5.39. The van der Waals surface area contributed by atoms with Gasteiger partial charge in [0.05, 0.1) is 6.26 Å². The lowest BCUT2D eigenvalue weighted by Gasteiger charge is -2.16. The molecule has 4 heteroatoms. The highest BCUT2D eigenvalue weighted by Crippen LogP contribution is 2.10. The molecule has 0 amide bonds. The monoisotopic (exact) mass is 273 g/mol. The van der Waals surface area contributed by atoms with Crippen LogP contribution in [0.25, 0.3) is 0 Å². The van der Waals surface area contributed by atoms with Crippen LogP contribution in [0.5, 0.6) is 0 Å². The third-order valence-electron chi connectivity index (χ3n) is 3.41. The van der Waals surface area contributed by atoms with E-state index in [4.69, 9.17) is 4.42 Å². The van der Waals surface area contributed by atoms with Gasteiger partial charge >= 0.3 is 0 Å². The van der Waals surface area contributed by atoms with Gasteiger partial charge in [0.2, 0.25) is 0 Å². The summed E-state index contributed by atoms with van der Waals surface area (Å²) in [6.07, 6.45) is 7.46. The van der Waals surface area contributed by atoms with Crippen molar-refractivity contribution in [3.05, 3.63) is 48.2 Å². The summed E-state index contributed by atoms with van der Waals surface area (Å²) in [7, 11) is 0. The van der Waals surface area contributed by atoms with Crippen molar-refractivity contribution < 1.29 is 4.42 Å². The van der Waals surface area contributed by atoms with E-state index in [0.29, 0.717) is 6.04 Å². The average molecular weight is 273 g/mol. The Hall–Kier alpha value is -1.81. The van der Waals surface area contributed by atoms with Crippen LogP contribution < -0.4 is 10.6 Å². The molecule has 4 nitrogen and oxygen atoms in total. The van der Waals surface area contributed by atoms with Crippen molar-refractivity contribution in [2.75, 3.05) is 18.4 Å². The summed E-state index contributed by atoms with van der Waals surface area (Å²) in [5, 5.41) is 6.98. The standard InChI is InChI=1S/C16H23N3O/c1-3-14(11-15-5-4-10-20-15)18-8-9-19-16-6-7-17-12-13(16)2/h4-7,10,12,14,18H,3,8-9,11H2,1-2H3,(H,17,19). The molecule has 0 aliphatic carbocycles. The second-order valence-electron chi connectivity index (χ2n) is 4.96. The summed E-state index contributed by atoms with van der Waals surface area (Å²) in [5.41, 5.74) is 2.33. The largest absolute Gasteiger partial charge is 0.469 e. The molecule has 2 aromatic rings. The zero-order valence-corrected chi connectivity index (χ0v) is 12.2. The maximum atomic E-state index is 5.39. The minimum atomic E-state index is 0.460. The molecule has 0 bridgehead atoms. The second-order valence-corrected chi connectivity index (χ2v) is 4.96.